The normalized spacial score (nSPS) is 17.9. The van der Waals surface area contributed by atoms with Crippen molar-refractivity contribution in [2.45, 2.75) is 38.5 Å². The van der Waals surface area contributed by atoms with E-state index in [1.54, 1.807) is 0 Å². The molecule has 2 aliphatic rings. The van der Waals surface area contributed by atoms with Crippen molar-refractivity contribution in [1.82, 2.24) is 30.6 Å². The van der Waals surface area contributed by atoms with Crippen LogP contribution in [0.25, 0.3) is 0 Å². The zero-order valence-corrected chi connectivity index (χ0v) is 16.3. The first-order valence-corrected chi connectivity index (χ1v) is 10.2. The van der Waals surface area contributed by atoms with Crippen molar-refractivity contribution >= 4 is 17.8 Å². The molecule has 3 heterocycles. The minimum absolute atomic E-state index is 0.0837. The average Bonchev–Trinajstić information content (AvgIpc) is 3.28. The molecule has 0 atom stereocenters. The van der Waals surface area contributed by atoms with Crippen LogP contribution in [0, 0.1) is 5.92 Å². The molecule has 156 valence electrons. The van der Waals surface area contributed by atoms with Gasteiger partial charge in [0.25, 0.3) is 11.9 Å². The van der Waals surface area contributed by atoms with E-state index in [4.69, 9.17) is 9.47 Å². The van der Waals surface area contributed by atoms with Crippen LogP contribution in [0.5, 0.6) is 5.88 Å². The van der Waals surface area contributed by atoms with Crippen LogP contribution >= 0.6 is 0 Å². The summed E-state index contributed by atoms with van der Waals surface area (Å²) in [4.78, 5) is 23.6. The number of aromatic nitrogens is 6. The first-order chi connectivity index (χ1) is 14.3. The van der Waals surface area contributed by atoms with E-state index in [-0.39, 0.29) is 17.4 Å². The second kappa shape index (κ2) is 9.59. The fourth-order valence-electron chi connectivity index (χ4n) is 3.72. The first kappa shape index (κ1) is 19.5. The minimum atomic E-state index is -0.437. The van der Waals surface area contributed by atoms with Crippen molar-refractivity contribution in [3.63, 3.8) is 0 Å². The molecule has 2 aromatic rings. The molecular weight excluding hydrogens is 376 g/mol. The largest absolute Gasteiger partial charge is 0.477 e. The van der Waals surface area contributed by atoms with Gasteiger partial charge < -0.3 is 14.4 Å². The van der Waals surface area contributed by atoms with Crippen LogP contribution in [-0.4, -0.2) is 69.4 Å². The van der Waals surface area contributed by atoms with E-state index in [2.05, 4.69) is 35.9 Å². The van der Waals surface area contributed by atoms with Crippen molar-refractivity contribution in [3.8, 4) is 5.88 Å². The molecule has 0 aromatic carbocycles. The van der Waals surface area contributed by atoms with Crippen LogP contribution in [-0.2, 0) is 4.74 Å². The number of carbonyl (C=O) groups excluding carboxylic acids is 1. The summed E-state index contributed by atoms with van der Waals surface area (Å²) in [6, 6.07) is 0. The summed E-state index contributed by atoms with van der Waals surface area (Å²) in [5, 5.41) is 15.8. The van der Waals surface area contributed by atoms with Gasteiger partial charge in [-0.2, -0.15) is 10.2 Å². The number of amides is 1. The Kier molecular flexibility index (Phi) is 6.45. The second-order valence-corrected chi connectivity index (χ2v) is 7.32. The van der Waals surface area contributed by atoms with Crippen LogP contribution < -0.4 is 15.0 Å². The molecule has 0 unspecified atom stereocenters. The molecule has 0 bridgehead atoms. The Hall–Kier alpha value is -2.82. The first-order valence-electron chi connectivity index (χ1n) is 10.2. The Labute approximate surface area is 168 Å². The maximum atomic E-state index is 12.7. The molecule has 4 rings (SSSR count). The smallest absolute Gasteiger partial charge is 0.270 e. The highest BCUT2D eigenvalue weighted by atomic mass is 16.5. The van der Waals surface area contributed by atoms with Crippen LogP contribution in [0.2, 0.25) is 0 Å². The fraction of sp³-hybridized carbons (Fsp3) is 0.667. The topological polar surface area (TPSA) is 131 Å². The summed E-state index contributed by atoms with van der Waals surface area (Å²) < 4.78 is 11.4. The van der Waals surface area contributed by atoms with Gasteiger partial charge in [-0.1, -0.05) is 37.2 Å². The van der Waals surface area contributed by atoms with Gasteiger partial charge in [-0.05, 0) is 17.6 Å². The number of anilines is 2. The van der Waals surface area contributed by atoms with Gasteiger partial charge in [-0.3, -0.25) is 10.1 Å². The summed E-state index contributed by atoms with van der Waals surface area (Å²) in [7, 11) is 0. The van der Waals surface area contributed by atoms with Crippen molar-refractivity contribution in [1.29, 1.82) is 0 Å². The van der Waals surface area contributed by atoms with Gasteiger partial charge in [-0.15, -0.1) is 5.10 Å². The molecule has 2 fully saturated rings. The third-order valence-corrected chi connectivity index (χ3v) is 5.34. The van der Waals surface area contributed by atoms with E-state index in [1.165, 1.54) is 38.3 Å². The SMILES string of the molecule is O=C(Nc1nn[nH]n1)c1cnc(N2CCOCC2)nc1OCCC1CCCCC1. The Balaban J connectivity index is 1.47. The van der Waals surface area contributed by atoms with E-state index >= 15 is 0 Å². The third kappa shape index (κ3) is 5.17. The van der Waals surface area contributed by atoms with E-state index in [0.29, 0.717) is 44.8 Å². The Morgan fingerprint density at radius 2 is 2.10 bits per heavy atom. The molecule has 1 saturated heterocycles. The molecule has 1 amide bonds. The number of aromatic amines is 1. The molecule has 0 radical (unpaired) electrons. The molecule has 0 spiro atoms. The number of H-pyrrole nitrogens is 1. The van der Waals surface area contributed by atoms with Gasteiger partial charge in [0.15, 0.2) is 0 Å². The highest BCUT2D eigenvalue weighted by Crippen LogP contribution is 2.27. The fourth-order valence-corrected chi connectivity index (χ4v) is 3.72. The number of rotatable bonds is 7. The van der Waals surface area contributed by atoms with E-state index < -0.39 is 5.91 Å². The molecule has 11 heteroatoms. The molecule has 2 aromatic heterocycles. The van der Waals surface area contributed by atoms with Crippen LogP contribution in [0.4, 0.5) is 11.9 Å². The standard InChI is InChI=1S/C18H26N8O3/c27-15(20-17-22-24-25-23-17)14-12-19-18(26-7-10-28-11-8-26)21-16(14)29-9-6-13-4-2-1-3-5-13/h12-13H,1-11H2,(H2,20,22,23,24,25,27). The summed E-state index contributed by atoms with van der Waals surface area (Å²) in [5.74, 6) is 1.14. The maximum Gasteiger partial charge on any atom is 0.270 e. The van der Waals surface area contributed by atoms with Gasteiger partial charge >= 0.3 is 0 Å². The predicted molar refractivity (Wildman–Crippen MR) is 104 cm³/mol. The molecular formula is C18H26N8O3. The van der Waals surface area contributed by atoms with Crippen LogP contribution in [0.1, 0.15) is 48.9 Å². The maximum absolute atomic E-state index is 12.7. The average molecular weight is 402 g/mol. The van der Waals surface area contributed by atoms with Crippen LogP contribution in [0.15, 0.2) is 6.20 Å². The number of tetrazole rings is 1. The highest BCUT2D eigenvalue weighted by Gasteiger charge is 2.22. The van der Waals surface area contributed by atoms with Crippen molar-refractivity contribution in [2.75, 3.05) is 43.1 Å². The van der Waals surface area contributed by atoms with Crippen LogP contribution in [0.3, 0.4) is 0 Å². The molecule has 11 nitrogen and oxygen atoms in total. The highest BCUT2D eigenvalue weighted by molar-refractivity contribution is 6.04. The number of hydrogen-bond donors (Lipinski definition) is 2. The lowest BCUT2D eigenvalue weighted by atomic mass is 9.87. The Morgan fingerprint density at radius 1 is 1.28 bits per heavy atom. The quantitative estimate of drug-likeness (QED) is 0.706. The second-order valence-electron chi connectivity index (χ2n) is 7.32. The summed E-state index contributed by atoms with van der Waals surface area (Å²) in [6.07, 6.45) is 8.85. The summed E-state index contributed by atoms with van der Waals surface area (Å²) >= 11 is 0. The van der Waals surface area contributed by atoms with E-state index in [1.807, 2.05) is 4.90 Å². The lowest BCUT2D eigenvalue weighted by molar-refractivity contribution is 0.101. The summed E-state index contributed by atoms with van der Waals surface area (Å²) in [6.45, 7) is 3.18. The predicted octanol–water partition coefficient (Wildman–Crippen LogP) is 1.43. The lowest BCUT2D eigenvalue weighted by Gasteiger charge is -2.27. The van der Waals surface area contributed by atoms with Crippen molar-refractivity contribution < 1.29 is 14.3 Å². The molecule has 1 aliphatic carbocycles. The molecule has 29 heavy (non-hydrogen) atoms. The monoisotopic (exact) mass is 402 g/mol. The van der Waals surface area contributed by atoms with Crippen molar-refractivity contribution in [3.05, 3.63) is 11.8 Å². The van der Waals surface area contributed by atoms with Gasteiger partial charge in [0, 0.05) is 19.3 Å². The number of nitrogens with one attached hydrogen (secondary N) is 2. The Bertz CT molecular complexity index is 788. The van der Waals surface area contributed by atoms with Gasteiger partial charge in [0.05, 0.1) is 19.8 Å². The number of nitrogens with zero attached hydrogens (tertiary/aromatic N) is 6. The van der Waals surface area contributed by atoms with E-state index in [9.17, 15) is 4.79 Å². The van der Waals surface area contributed by atoms with Gasteiger partial charge in [0.2, 0.25) is 11.8 Å². The summed E-state index contributed by atoms with van der Waals surface area (Å²) in [5.41, 5.74) is 0.246. The lowest BCUT2D eigenvalue weighted by Crippen LogP contribution is -2.37. The Morgan fingerprint density at radius 3 is 2.86 bits per heavy atom. The molecule has 1 aliphatic heterocycles. The molecule has 2 N–H and O–H groups in total. The number of carbonyl (C=O) groups is 1. The van der Waals surface area contributed by atoms with Gasteiger partial charge in [0.1, 0.15) is 5.56 Å². The zero-order valence-electron chi connectivity index (χ0n) is 16.3. The van der Waals surface area contributed by atoms with E-state index in [0.717, 1.165) is 6.42 Å². The minimum Gasteiger partial charge on any atom is -0.477 e. The number of hydrogen-bond acceptors (Lipinski definition) is 9. The number of morpholine rings is 1. The van der Waals surface area contributed by atoms with Crippen molar-refractivity contribution in [2.24, 2.45) is 5.92 Å². The molecule has 1 saturated carbocycles. The number of ether oxygens (including phenoxy) is 2. The zero-order chi connectivity index (χ0) is 19.9. The third-order valence-electron chi connectivity index (χ3n) is 5.34. The van der Waals surface area contributed by atoms with Gasteiger partial charge in [-0.25, -0.2) is 4.98 Å².